The number of methoxy groups -OCH3 is 2. The number of ether oxygens (including phenoxy) is 3. The van der Waals surface area contributed by atoms with Gasteiger partial charge in [-0.25, -0.2) is 0 Å². The number of hydrogen-bond donors (Lipinski definition) is 1. The van der Waals surface area contributed by atoms with Crippen molar-refractivity contribution >= 4 is 11.6 Å². The van der Waals surface area contributed by atoms with Crippen molar-refractivity contribution in [2.24, 2.45) is 0 Å². The third-order valence-corrected chi connectivity index (χ3v) is 3.89. The third-order valence-electron chi connectivity index (χ3n) is 3.89. The highest BCUT2D eigenvalue weighted by atomic mass is 16.5. The molecule has 1 N–H and O–H groups in total. The first-order chi connectivity index (χ1) is 11.5. The Morgan fingerprint density at radius 3 is 2.46 bits per heavy atom. The van der Waals surface area contributed by atoms with Gasteiger partial charge in [0.25, 0.3) is 5.91 Å². The minimum Gasteiger partial charge on any atom is -0.497 e. The number of benzene rings is 2. The normalized spacial score (nSPS) is 11.5. The van der Waals surface area contributed by atoms with Crippen LogP contribution in [0, 0.1) is 13.8 Å². The summed E-state index contributed by atoms with van der Waals surface area (Å²) < 4.78 is 16.2. The lowest BCUT2D eigenvalue weighted by Gasteiger charge is -2.18. The van der Waals surface area contributed by atoms with Crippen molar-refractivity contribution in [1.29, 1.82) is 0 Å². The largest absolute Gasteiger partial charge is 0.497 e. The molecule has 0 aliphatic rings. The Labute approximate surface area is 142 Å². The van der Waals surface area contributed by atoms with Crippen molar-refractivity contribution in [3.8, 4) is 17.2 Å². The van der Waals surface area contributed by atoms with E-state index in [1.54, 1.807) is 39.3 Å². The van der Waals surface area contributed by atoms with Crippen LogP contribution in [0.3, 0.4) is 0 Å². The minimum absolute atomic E-state index is 0.251. The summed E-state index contributed by atoms with van der Waals surface area (Å²) in [5, 5.41) is 2.82. The van der Waals surface area contributed by atoms with E-state index in [0.717, 1.165) is 11.1 Å². The molecule has 0 aliphatic heterocycles. The van der Waals surface area contributed by atoms with Gasteiger partial charge in [-0.2, -0.15) is 0 Å². The van der Waals surface area contributed by atoms with Crippen LogP contribution in [-0.4, -0.2) is 26.2 Å². The number of aryl methyl sites for hydroxylation is 1. The molecule has 0 spiro atoms. The molecule has 5 heteroatoms. The zero-order valence-electron chi connectivity index (χ0n) is 14.7. The average Bonchev–Trinajstić information content (AvgIpc) is 2.59. The summed E-state index contributed by atoms with van der Waals surface area (Å²) in [6.45, 7) is 5.70. The second kappa shape index (κ2) is 7.73. The van der Waals surface area contributed by atoms with Crippen LogP contribution in [0.1, 0.15) is 18.1 Å². The van der Waals surface area contributed by atoms with Gasteiger partial charge in [-0.1, -0.05) is 12.1 Å². The predicted molar refractivity (Wildman–Crippen MR) is 94.2 cm³/mol. The van der Waals surface area contributed by atoms with Gasteiger partial charge in [-0.05, 0) is 50.1 Å². The lowest BCUT2D eigenvalue weighted by atomic mass is 10.1. The van der Waals surface area contributed by atoms with E-state index in [2.05, 4.69) is 5.32 Å². The summed E-state index contributed by atoms with van der Waals surface area (Å²) >= 11 is 0. The molecule has 1 amide bonds. The van der Waals surface area contributed by atoms with Crippen LogP contribution in [-0.2, 0) is 4.79 Å². The first kappa shape index (κ1) is 17.7. The zero-order valence-corrected chi connectivity index (χ0v) is 14.7. The molecule has 1 unspecified atom stereocenters. The number of nitrogens with one attached hydrogen (secondary N) is 1. The molecular weight excluding hydrogens is 306 g/mol. The first-order valence-corrected chi connectivity index (χ1v) is 7.72. The Hall–Kier alpha value is -2.69. The fourth-order valence-corrected chi connectivity index (χ4v) is 2.23. The Bertz CT molecular complexity index is 727. The quantitative estimate of drug-likeness (QED) is 0.877. The van der Waals surface area contributed by atoms with Gasteiger partial charge in [0.1, 0.15) is 17.2 Å². The van der Waals surface area contributed by atoms with E-state index in [1.807, 2.05) is 32.0 Å². The molecule has 0 heterocycles. The van der Waals surface area contributed by atoms with Gasteiger partial charge in [-0.3, -0.25) is 4.79 Å². The highest BCUT2D eigenvalue weighted by molar-refractivity contribution is 5.95. The van der Waals surface area contributed by atoms with Crippen LogP contribution in [0.5, 0.6) is 17.2 Å². The number of amides is 1. The highest BCUT2D eigenvalue weighted by Gasteiger charge is 2.18. The maximum absolute atomic E-state index is 12.4. The summed E-state index contributed by atoms with van der Waals surface area (Å²) in [6, 6.07) is 11.0. The van der Waals surface area contributed by atoms with E-state index in [4.69, 9.17) is 14.2 Å². The molecule has 2 aromatic carbocycles. The lowest BCUT2D eigenvalue weighted by Crippen LogP contribution is -2.30. The molecule has 0 aliphatic carbocycles. The second-order valence-electron chi connectivity index (χ2n) is 5.51. The van der Waals surface area contributed by atoms with E-state index in [9.17, 15) is 4.79 Å². The van der Waals surface area contributed by atoms with Gasteiger partial charge in [-0.15, -0.1) is 0 Å². The fourth-order valence-electron chi connectivity index (χ4n) is 2.23. The topological polar surface area (TPSA) is 56.8 Å². The molecule has 5 nitrogen and oxygen atoms in total. The smallest absolute Gasteiger partial charge is 0.265 e. The molecule has 0 saturated carbocycles. The molecule has 0 aromatic heterocycles. The van der Waals surface area contributed by atoms with Crippen molar-refractivity contribution < 1.29 is 19.0 Å². The number of carbonyl (C=O) groups is 1. The third kappa shape index (κ3) is 3.98. The molecule has 2 aromatic rings. The summed E-state index contributed by atoms with van der Waals surface area (Å²) in [6.07, 6.45) is -0.641. The van der Waals surface area contributed by atoms with Crippen molar-refractivity contribution in [1.82, 2.24) is 0 Å². The van der Waals surface area contributed by atoms with E-state index >= 15 is 0 Å². The molecule has 0 saturated heterocycles. The van der Waals surface area contributed by atoms with Crippen LogP contribution in [0.25, 0.3) is 0 Å². The van der Waals surface area contributed by atoms with Gasteiger partial charge in [0.15, 0.2) is 6.10 Å². The van der Waals surface area contributed by atoms with Crippen LogP contribution < -0.4 is 19.5 Å². The Morgan fingerprint density at radius 1 is 1.04 bits per heavy atom. The predicted octanol–water partition coefficient (Wildman–Crippen LogP) is 3.73. The Kier molecular flexibility index (Phi) is 5.68. The summed E-state index contributed by atoms with van der Waals surface area (Å²) in [5.41, 5.74) is 2.72. The van der Waals surface area contributed by atoms with Gasteiger partial charge in [0.2, 0.25) is 0 Å². The SMILES string of the molecule is COc1ccc(NC(=O)C(C)Oc2cccc(C)c2C)c(OC)c1. The van der Waals surface area contributed by atoms with E-state index in [-0.39, 0.29) is 5.91 Å². The average molecular weight is 329 g/mol. The summed E-state index contributed by atoms with van der Waals surface area (Å²) in [4.78, 5) is 12.4. The lowest BCUT2D eigenvalue weighted by molar-refractivity contribution is -0.122. The first-order valence-electron chi connectivity index (χ1n) is 7.72. The van der Waals surface area contributed by atoms with E-state index in [0.29, 0.717) is 22.9 Å². The molecule has 0 radical (unpaired) electrons. The van der Waals surface area contributed by atoms with E-state index in [1.165, 1.54) is 0 Å². The van der Waals surface area contributed by atoms with Crippen LogP contribution >= 0.6 is 0 Å². The molecule has 0 bridgehead atoms. The molecule has 24 heavy (non-hydrogen) atoms. The van der Waals surface area contributed by atoms with Crippen molar-refractivity contribution in [3.63, 3.8) is 0 Å². The summed E-state index contributed by atoms with van der Waals surface area (Å²) in [5.74, 6) is 1.64. The van der Waals surface area contributed by atoms with Crippen molar-refractivity contribution in [2.45, 2.75) is 26.9 Å². The molecule has 0 fully saturated rings. The van der Waals surface area contributed by atoms with E-state index < -0.39 is 6.10 Å². The maximum atomic E-state index is 12.4. The van der Waals surface area contributed by atoms with Gasteiger partial charge in [0, 0.05) is 6.07 Å². The number of hydrogen-bond acceptors (Lipinski definition) is 4. The highest BCUT2D eigenvalue weighted by Crippen LogP contribution is 2.29. The number of rotatable bonds is 6. The maximum Gasteiger partial charge on any atom is 0.265 e. The van der Waals surface area contributed by atoms with Crippen molar-refractivity contribution in [3.05, 3.63) is 47.5 Å². The van der Waals surface area contributed by atoms with Gasteiger partial charge >= 0.3 is 0 Å². The fraction of sp³-hybridized carbons (Fsp3) is 0.316. The number of anilines is 1. The minimum atomic E-state index is -0.641. The molecule has 1 atom stereocenters. The van der Waals surface area contributed by atoms with Gasteiger partial charge in [0.05, 0.1) is 19.9 Å². The van der Waals surface area contributed by atoms with Gasteiger partial charge < -0.3 is 19.5 Å². The number of carbonyl (C=O) groups excluding carboxylic acids is 1. The Balaban J connectivity index is 2.10. The van der Waals surface area contributed by atoms with Crippen LogP contribution in [0.2, 0.25) is 0 Å². The van der Waals surface area contributed by atoms with Crippen LogP contribution in [0.15, 0.2) is 36.4 Å². The molecule has 2 rings (SSSR count). The van der Waals surface area contributed by atoms with Crippen molar-refractivity contribution in [2.75, 3.05) is 19.5 Å². The monoisotopic (exact) mass is 329 g/mol. The molecule has 128 valence electrons. The summed E-state index contributed by atoms with van der Waals surface area (Å²) in [7, 11) is 3.12. The second-order valence-corrected chi connectivity index (χ2v) is 5.51. The van der Waals surface area contributed by atoms with Crippen LogP contribution in [0.4, 0.5) is 5.69 Å². The standard InChI is InChI=1S/C19H23NO4/c1-12-7-6-8-17(13(12)2)24-14(3)19(21)20-16-10-9-15(22-4)11-18(16)23-5/h6-11,14H,1-5H3,(H,20,21). The molecular formula is C19H23NO4. The zero-order chi connectivity index (χ0) is 17.7. The Morgan fingerprint density at radius 2 is 1.79 bits per heavy atom.